The summed E-state index contributed by atoms with van der Waals surface area (Å²) in [4.78, 5) is 21.7. The monoisotopic (exact) mass is 280 g/mol. The first-order valence-electron chi connectivity index (χ1n) is 5.25. The highest BCUT2D eigenvalue weighted by atomic mass is 35.5. The van der Waals surface area contributed by atoms with Gasteiger partial charge in [-0.25, -0.2) is 0 Å². The van der Waals surface area contributed by atoms with Crippen LogP contribution < -0.4 is 5.32 Å². The molecule has 2 rings (SSSR count). The standard InChI is InChI=1S/C11H9ClN4O3/c1-6-2-4-7(5-3-6)13-11(17)9-8(12)10(15-14-9)16(18)19/h2-5H,1H3,(H,13,17)(H,14,15). The maximum Gasteiger partial charge on any atom is 0.362 e. The molecular weight excluding hydrogens is 272 g/mol. The lowest BCUT2D eigenvalue weighted by Crippen LogP contribution is -2.12. The number of hydrogen-bond donors (Lipinski definition) is 2. The van der Waals surface area contributed by atoms with Gasteiger partial charge in [0.2, 0.25) is 0 Å². The SMILES string of the molecule is Cc1ccc(NC(=O)c2n[nH]c([N+](=O)[O-])c2Cl)cc1. The molecule has 7 nitrogen and oxygen atoms in total. The number of hydrogen-bond acceptors (Lipinski definition) is 4. The van der Waals surface area contributed by atoms with Crippen LogP contribution in [0.1, 0.15) is 16.1 Å². The van der Waals surface area contributed by atoms with Crippen molar-refractivity contribution in [3.8, 4) is 0 Å². The van der Waals surface area contributed by atoms with Crippen LogP contribution in [-0.2, 0) is 0 Å². The Morgan fingerprint density at radius 2 is 2.05 bits per heavy atom. The molecule has 19 heavy (non-hydrogen) atoms. The number of rotatable bonds is 3. The van der Waals surface area contributed by atoms with Gasteiger partial charge in [-0.05, 0) is 24.0 Å². The smallest absolute Gasteiger partial charge is 0.358 e. The van der Waals surface area contributed by atoms with Gasteiger partial charge in [0.15, 0.2) is 10.7 Å². The number of amides is 1. The molecule has 1 heterocycles. The quantitative estimate of drug-likeness (QED) is 0.666. The maximum absolute atomic E-state index is 11.9. The van der Waals surface area contributed by atoms with Crippen molar-refractivity contribution < 1.29 is 9.72 Å². The van der Waals surface area contributed by atoms with Gasteiger partial charge in [0.1, 0.15) is 0 Å². The highest BCUT2D eigenvalue weighted by Crippen LogP contribution is 2.25. The lowest BCUT2D eigenvalue weighted by atomic mass is 10.2. The van der Waals surface area contributed by atoms with Crippen LogP contribution in [0.25, 0.3) is 0 Å². The minimum absolute atomic E-state index is 0.214. The summed E-state index contributed by atoms with van der Waals surface area (Å²) >= 11 is 5.71. The van der Waals surface area contributed by atoms with E-state index in [-0.39, 0.29) is 10.7 Å². The summed E-state index contributed by atoms with van der Waals surface area (Å²) in [6.07, 6.45) is 0. The number of aromatic nitrogens is 2. The predicted octanol–water partition coefficient (Wildman–Crippen LogP) is 2.53. The summed E-state index contributed by atoms with van der Waals surface area (Å²) in [6.45, 7) is 1.92. The molecule has 0 saturated heterocycles. The molecule has 0 unspecified atom stereocenters. The first-order valence-corrected chi connectivity index (χ1v) is 5.63. The van der Waals surface area contributed by atoms with Crippen molar-refractivity contribution in [1.82, 2.24) is 10.2 Å². The molecule has 0 atom stereocenters. The molecule has 2 aromatic rings. The zero-order chi connectivity index (χ0) is 14.0. The average Bonchev–Trinajstić information content (AvgIpc) is 2.74. The van der Waals surface area contributed by atoms with Crippen LogP contribution in [0.4, 0.5) is 11.5 Å². The van der Waals surface area contributed by atoms with Gasteiger partial charge < -0.3 is 15.4 Å². The number of carbonyl (C=O) groups excluding carboxylic acids is 1. The Balaban J connectivity index is 2.21. The number of carbonyl (C=O) groups is 1. The van der Waals surface area contributed by atoms with Crippen LogP contribution in [0, 0.1) is 17.0 Å². The van der Waals surface area contributed by atoms with Gasteiger partial charge in [-0.2, -0.15) is 0 Å². The molecule has 1 amide bonds. The first-order chi connectivity index (χ1) is 8.99. The Hall–Kier alpha value is -2.41. The highest BCUT2D eigenvalue weighted by molar-refractivity contribution is 6.35. The zero-order valence-electron chi connectivity index (χ0n) is 9.81. The fourth-order valence-corrected chi connectivity index (χ4v) is 1.66. The lowest BCUT2D eigenvalue weighted by Gasteiger charge is -2.02. The zero-order valence-corrected chi connectivity index (χ0v) is 10.6. The van der Waals surface area contributed by atoms with E-state index in [1.54, 1.807) is 12.1 Å². The molecule has 2 N–H and O–H groups in total. The van der Waals surface area contributed by atoms with Crippen LogP contribution in [0.2, 0.25) is 5.02 Å². The molecule has 1 aromatic carbocycles. The fraction of sp³-hybridized carbons (Fsp3) is 0.0909. The molecule has 0 aliphatic carbocycles. The number of nitrogens with zero attached hydrogens (tertiary/aromatic N) is 2. The Morgan fingerprint density at radius 3 is 2.58 bits per heavy atom. The normalized spacial score (nSPS) is 10.2. The lowest BCUT2D eigenvalue weighted by molar-refractivity contribution is -0.389. The summed E-state index contributed by atoms with van der Waals surface area (Å²) in [5, 5.41) is 18.5. The number of anilines is 1. The number of nitrogens with one attached hydrogen (secondary N) is 2. The van der Waals surface area contributed by atoms with E-state index in [1.165, 1.54) is 0 Å². The average molecular weight is 281 g/mol. The van der Waals surface area contributed by atoms with Crippen molar-refractivity contribution in [2.45, 2.75) is 6.92 Å². The molecule has 1 aromatic heterocycles. The van der Waals surface area contributed by atoms with Crippen LogP contribution in [-0.4, -0.2) is 21.0 Å². The van der Waals surface area contributed by atoms with Gasteiger partial charge in [-0.3, -0.25) is 4.79 Å². The van der Waals surface area contributed by atoms with E-state index in [4.69, 9.17) is 11.6 Å². The molecular formula is C11H9ClN4O3. The topological polar surface area (TPSA) is 101 Å². The van der Waals surface area contributed by atoms with Gasteiger partial charge in [-0.15, -0.1) is 5.10 Å². The molecule has 0 fully saturated rings. The van der Waals surface area contributed by atoms with Gasteiger partial charge in [-0.1, -0.05) is 34.4 Å². The van der Waals surface area contributed by atoms with Crippen molar-refractivity contribution in [3.63, 3.8) is 0 Å². The van der Waals surface area contributed by atoms with Crippen molar-refractivity contribution >= 4 is 29.0 Å². The highest BCUT2D eigenvalue weighted by Gasteiger charge is 2.25. The third-order valence-corrected chi connectivity index (χ3v) is 2.75. The van der Waals surface area contributed by atoms with E-state index >= 15 is 0 Å². The summed E-state index contributed by atoms with van der Waals surface area (Å²) in [7, 11) is 0. The molecule has 98 valence electrons. The van der Waals surface area contributed by atoms with E-state index in [0.717, 1.165) is 5.56 Å². The third kappa shape index (κ3) is 2.71. The van der Waals surface area contributed by atoms with Crippen molar-refractivity contribution in [2.75, 3.05) is 5.32 Å². The molecule has 0 bridgehead atoms. The fourth-order valence-electron chi connectivity index (χ4n) is 1.42. The number of benzene rings is 1. The Labute approximate surface area is 112 Å². The van der Waals surface area contributed by atoms with Crippen LogP contribution in [0.15, 0.2) is 24.3 Å². The molecule has 0 radical (unpaired) electrons. The first kappa shape index (κ1) is 13.0. The summed E-state index contributed by atoms with van der Waals surface area (Å²) in [5.41, 5.74) is 1.39. The number of nitro groups is 1. The van der Waals surface area contributed by atoms with E-state index in [1.807, 2.05) is 19.1 Å². The van der Waals surface area contributed by atoms with E-state index < -0.39 is 16.6 Å². The second-order valence-corrected chi connectivity index (χ2v) is 4.19. The van der Waals surface area contributed by atoms with Gasteiger partial charge in [0.25, 0.3) is 5.91 Å². The molecule has 0 aliphatic heterocycles. The molecule has 0 aliphatic rings. The maximum atomic E-state index is 11.9. The van der Waals surface area contributed by atoms with Gasteiger partial charge in [0, 0.05) is 5.69 Å². The predicted molar refractivity (Wildman–Crippen MR) is 69.4 cm³/mol. The number of aromatic amines is 1. The summed E-state index contributed by atoms with van der Waals surface area (Å²) in [5.74, 6) is -1.12. The van der Waals surface area contributed by atoms with Crippen molar-refractivity contribution in [3.05, 3.63) is 50.7 Å². The molecule has 8 heteroatoms. The van der Waals surface area contributed by atoms with E-state index in [2.05, 4.69) is 15.5 Å². The Bertz CT molecular complexity index is 636. The van der Waals surface area contributed by atoms with Crippen LogP contribution in [0.3, 0.4) is 0 Å². The minimum Gasteiger partial charge on any atom is -0.358 e. The summed E-state index contributed by atoms with van der Waals surface area (Å²) < 4.78 is 0. The van der Waals surface area contributed by atoms with Gasteiger partial charge in [0.05, 0.1) is 0 Å². The van der Waals surface area contributed by atoms with Crippen LogP contribution >= 0.6 is 11.6 Å². The molecule has 0 saturated carbocycles. The van der Waals surface area contributed by atoms with Crippen molar-refractivity contribution in [1.29, 1.82) is 0 Å². The number of aryl methyl sites for hydroxylation is 1. The van der Waals surface area contributed by atoms with E-state index in [9.17, 15) is 14.9 Å². The largest absolute Gasteiger partial charge is 0.362 e. The number of H-pyrrole nitrogens is 1. The molecule has 0 spiro atoms. The Morgan fingerprint density at radius 1 is 1.42 bits per heavy atom. The number of halogens is 1. The summed E-state index contributed by atoms with van der Waals surface area (Å²) in [6, 6.07) is 7.07. The van der Waals surface area contributed by atoms with Crippen molar-refractivity contribution in [2.24, 2.45) is 0 Å². The Kier molecular flexibility index (Phi) is 3.48. The second kappa shape index (κ2) is 5.07. The van der Waals surface area contributed by atoms with Gasteiger partial charge >= 0.3 is 5.82 Å². The minimum atomic E-state index is -0.738. The third-order valence-electron chi connectivity index (χ3n) is 2.40. The van der Waals surface area contributed by atoms with Crippen LogP contribution in [0.5, 0.6) is 0 Å². The second-order valence-electron chi connectivity index (χ2n) is 3.81. The van der Waals surface area contributed by atoms with E-state index in [0.29, 0.717) is 5.69 Å².